The van der Waals surface area contributed by atoms with Crippen LogP contribution in [-0.2, 0) is 16.6 Å². The maximum atomic E-state index is 13.2. The van der Waals surface area contributed by atoms with Crippen LogP contribution in [0.15, 0.2) is 83.8 Å². The molecule has 3 rings (SSSR count). The average molecular weight is 412 g/mol. The van der Waals surface area contributed by atoms with Gasteiger partial charge in [0.25, 0.3) is 15.9 Å². The molecule has 0 atom stereocenters. The predicted molar refractivity (Wildman–Crippen MR) is 111 cm³/mol. The van der Waals surface area contributed by atoms with Crippen LogP contribution in [0.25, 0.3) is 0 Å². The third-order valence-corrected chi connectivity index (χ3v) is 6.40. The van der Waals surface area contributed by atoms with Gasteiger partial charge >= 0.3 is 0 Å². The Morgan fingerprint density at radius 3 is 2.10 bits per heavy atom. The summed E-state index contributed by atoms with van der Waals surface area (Å²) in [6, 6.07) is 20.6. The Hall–Kier alpha value is -3.19. The number of nitrogens with zero attached hydrogens (tertiary/aromatic N) is 2. The van der Waals surface area contributed by atoms with Crippen LogP contribution in [0.2, 0.25) is 0 Å². The number of sulfonamides is 1. The van der Waals surface area contributed by atoms with Crippen molar-refractivity contribution in [3.8, 4) is 0 Å². The van der Waals surface area contributed by atoms with Gasteiger partial charge in [0.15, 0.2) is 0 Å². The molecular weight excluding hydrogens is 391 g/mol. The van der Waals surface area contributed by atoms with E-state index in [1.54, 1.807) is 61.6 Å². The van der Waals surface area contributed by atoms with Gasteiger partial charge in [0.05, 0.1) is 11.3 Å². The standard InChI is InChI=1S/C22H21FN2O3S/c1-24(16-17-12-14-18(23)15-13-17)22(26)20-10-6-7-11-21(20)29(27,28)25(2)19-8-4-3-5-9-19/h3-15H,16H2,1-2H3. The van der Waals surface area contributed by atoms with Crippen LogP contribution in [0.1, 0.15) is 15.9 Å². The number of benzene rings is 3. The zero-order valence-electron chi connectivity index (χ0n) is 16.1. The van der Waals surface area contributed by atoms with E-state index in [9.17, 15) is 17.6 Å². The Morgan fingerprint density at radius 2 is 1.45 bits per heavy atom. The SMILES string of the molecule is CN(Cc1ccc(F)cc1)C(=O)c1ccccc1S(=O)(=O)N(C)c1ccccc1. The van der Waals surface area contributed by atoms with Crippen molar-refractivity contribution in [2.75, 3.05) is 18.4 Å². The summed E-state index contributed by atoms with van der Waals surface area (Å²) < 4.78 is 40.6. The molecule has 7 heteroatoms. The van der Waals surface area contributed by atoms with Crippen LogP contribution in [-0.4, -0.2) is 33.3 Å². The van der Waals surface area contributed by atoms with Gasteiger partial charge in [-0.3, -0.25) is 9.10 Å². The molecule has 0 spiro atoms. The van der Waals surface area contributed by atoms with Gasteiger partial charge in [-0.2, -0.15) is 0 Å². The van der Waals surface area contributed by atoms with Gasteiger partial charge in [-0.25, -0.2) is 12.8 Å². The lowest BCUT2D eigenvalue weighted by molar-refractivity contribution is 0.0781. The molecule has 0 aliphatic carbocycles. The van der Waals surface area contributed by atoms with Crippen LogP contribution in [0, 0.1) is 5.82 Å². The van der Waals surface area contributed by atoms with Crippen molar-refractivity contribution in [2.45, 2.75) is 11.4 Å². The molecule has 150 valence electrons. The number of rotatable bonds is 6. The van der Waals surface area contributed by atoms with Crippen LogP contribution in [0.4, 0.5) is 10.1 Å². The molecule has 0 radical (unpaired) electrons. The van der Waals surface area contributed by atoms with Crippen LogP contribution in [0.5, 0.6) is 0 Å². The molecule has 0 fully saturated rings. The number of carbonyl (C=O) groups is 1. The first-order chi connectivity index (χ1) is 13.8. The first-order valence-electron chi connectivity index (χ1n) is 8.93. The molecule has 0 heterocycles. The molecule has 0 saturated carbocycles. The second-order valence-corrected chi connectivity index (χ2v) is 8.53. The van der Waals surface area contributed by atoms with Gasteiger partial charge in [0.2, 0.25) is 0 Å². The number of amides is 1. The number of anilines is 1. The van der Waals surface area contributed by atoms with Crippen molar-refractivity contribution < 1.29 is 17.6 Å². The maximum absolute atomic E-state index is 13.2. The summed E-state index contributed by atoms with van der Waals surface area (Å²) in [6.45, 7) is 0.224. The van der Waals surface area contributed by atoms with Gasteiger partial charge in [-0.15, -0.1) is 0 Å². The molecule has 0 N–H and O–H groups in total. The molecule has 3 aromatic carbocycles. The van der Waals surface area contributed by atoms with E-state index in [-0.39, 0.29) is 22.8 Å². The minimum Gasteiger partial charge on any atom is -0.337 e. The zero-order valence-corrected chi connectivity index (χ0v) is 16.9. The fraction of sp³-hybridized carbons (Fsp3) is 0.136. The van der Waals surface area contributed by atoms with Crippen LogP contribution >= 0.6 is 0 Å². The summed E-state index contributed by atoms with van der Waals surface area (Å²) in [5, 5.41) is 0. The summed E-state index contributed by atoms with van der Waals surface area (Å²) >= 11 is 0. The smallest absolute Gasteiger partial charge is 0.264 e. The largest absolute Gasteiger partial charge is 0.337 e. The first-order valence-corrected chi connectivity index (χ1v) is 10.4. The van der Waals surface area contributed by atoms with Gasteiger partial charge in [0.1, 0.15) is 10.7 Å². The van der Waals surface area contributed by atoms with E-state index in [0.29, 0.717) is 5.69 Å². The monoisotopic (exact) mass is 412 g/mol. The number of carbonyl (C=O) groups excluding carboxylic acids is 1. The summed E-state index contributed by atoms with van der Waals surface area (Å²) in [4.78, 5) is 14.4. The van der Waals surface area contributed by atoms with E-state index in [4.69, 9.17) is 0 Å². The van der Waals surface area contributed by atoms with E-state index in [0.717, 1.165) is 9.87 Å². The summed E-state index contributed by atoms with van der Waals surface area (Å²) in [6.07, 6.45) is 0. The van der Waals surface area contributed by atoms with Gasteiger partial charge in [0, 0.05) is 20.6 Å². The minimum absolute atomic E-state index is 0.0673. The van der Waals surface area contributed by atoms with Crippen LogP contribution in [0.3, 0.4) is 0 Å². The van der Waals surface area contributed by atoms with E-state index in [1.165, 1.54) is 36.2 Å². The topological polar surface area (TPSA) is 57.7 Å². The van der Waals surface area contributed by atoms with E-state index in [1.807, 2.05) is 0 Å². The minimum atomic E-state index is -3.94. The lowest BCUT2D eigenvalue weighted by Crippen LogP contribution is -2.31. The molecule has 29 heavy (non-hydrogen) atoms. The Labute approximate surface area is 170 Å². The van der Waals surface area contributed by atoms with E-state index >= 15 is 0 Å². The third kappa shape index (κ3) is 4.46. The molecule has 0 aliphatic rings. The Balaban J connectivity index is 1.91. The van der Waals surface area contributed by atoms with Crippen molar-refractivity contribution in [3.05, 3.63) is 95.8 Å². The lowest BCUT2D eigenvalue weighted by atomic mass is 10.1. The number of para-hydroxylation sites is 1. The lowest BCUT2D eigenvalue weighted by Gasteiger charge is -2.23. The highest BCUT2D eigenvalue weighted by atomic mass is 32.2. The highest BCUT2D eigenvalue weighted by Gasteiger charge is 2.28. The van der Waals surface area contributed by atoms with Crippen molar-refractivity contribution in [1.82, 2.24) is 4.90 Å². The highest BCUT2D eigenvalue weighted by molar-refractivity contribution is 7.92. The zero-order chi connectivity index (χ0) is 21.0. The molecule has 0 saturated heterocycles. The first kappa shape index (κ1) is 20.5. The average Bonchev–Trinajstić information content (AvgIpc) is 2.74. The number of hydrogen-bond acceptors (Lipinski definition) is 3. The quantitative estimate of drug-likeness (QED) is 0.617. The van der Waals surface area contributed by atoms with Gasteiger partial charge in [-0.1, -0.05) is 42.5 Å². The molecule has 5 nitrogen and oxygen atoms in total. The highest BCUT2D eigenvalue weighted by Crippen LogP contribution is 2.25. The molecule has 0 aromatic heterocycles. The molecule has 0 bridgehead atoms. The second kappa shape index (κ2) is 8.45. The van der Waals surface area contributed by atoms with Crippen LogP contribution < -0.4 is 4.31 Å². The van der Waals surface area contributed by atoms with E-state index < -0.39 is 15.9 Å². The summed E-state index contributed by atoms with van der Waals surface area (Å²) in [5.74, 6) is -0.793. The Bertz CT molecular complexity index is 1100. The van der Waals surface area contributed by atoms with Gasteiger partial charge < -0.3 is 4.90 Å². The molecule has 0 unspecified atom stereocenters. The Morgan fingerprint density at radius 1 is 0.862 bits per heavy atom. The fourth-order valence-corrected chi connectivity index (χ4v) is 4.31. The van der Waals surface area contributed by atoms with Crippen molar-refractivity contribution in [2.24, 2.45) is 0 Å². The second-order valence-electron chi connectivity index (χ2n) is 6.59. The van der Waals surface area contributed by atoms with Crippen molar-refractivity contribution in [1.29, 1.82) is 0 Å². The fourth-order valence-electron chi connectivity index (χ4n) is 2.93. The third-order valence-electron chi connectivity index (χ3n) is 4.56. The number of hydrogen-bond donors (Lipinski definition) is 0. The van der Waals surface area contributed by atoms with Gasteiger partial charge in [-0.05, 0) is 42.0 Å². The Kier molecular flexibility index (Phi) is 5.98. The molecule has 3 aromatic rings. The summed E-state index contributed by atoms with van der Waals surface area (Å²) in [7, 11) is -0.912. The van der Waals surface area contributed by atoms with Crippen molar-refractivity contribution in [3.63, 3.8) is 0 Å². The molecule has 0 aliphatic heterocycles. The normalized spacial score (nSPS) is 11.1. The van der Waals surface area contributed by atoms with E-state index in [2.05, 4.69) is 0 Å². The molecule has 1 amide bonds. The maximum Gasteiger partial charge on any atom is 0.264 e. The van der Waals surface area contributed by atoms with Crippen molar-refractivity contribution >= 4 is 21.6 Å². The molecular formula is C22H21FN2O3S. The summed E-state index contributed by atoms with van der Waals surface area (Å²) in [5.41, 5.74) is 1.32. The number of halogens is 1. The predicted octanol–water partition coefficient (Wildman–Crippen LogP) is 3.92.